The van der Waals surface area contributed by atoms with Gasteiger partial charge >= 0.3 is 11.9 Å². The van der Waals surface area contributed by atoms with Crippen LogP contribution in [0.3, 0.4) is 0 Å². The van der Waals surface area contributed by atoms with Crippen molar-refractivity contribution in [3.63, 3.8) is 0 Å². The summed E-state index contributed by atoms with van der Waals surface area (Å²) >= 11 is 0. The van der Waals surface area contributed by atoms with Gasteiger partial charge in [0, 0.05) is 24.7 Å². The second kappa shape index (κ2) is 9.79. The summed E-state index contributed by atoms with van der Waals surface area (Å²) in [5.74, 6) is -2.95. The molecule has 1 aliphatic rings. The number of carbonyl (C=O) groups is 3. The Bertz CT molecular complexity index is 728. The highest BCUT2D eigenvalue weighted by Crippen LogP contribution is 2.28. The number of rotatable bonds is 8. The maximum absolute atomic E-state index is 12.5. The molecule has 1 aromatic carbocycles. The molecule has 1 aliphatic heterocycles. The summed E-state index contributed by atoms with van der Waals surface area (Å²) in [7, 11) is 2.38. The van der Waals surface area contributed by atoms with Crippen LogP contribution in [0.4, 0.5) is 5.69 Å². The number of non-ortho nitro benzene ring substituents is 1. The molecule has 2 rings (SSSR count). The van der Waals surface area contributed by atoms with Gasteiger partial charge in [0.1, 0.15) is 6.04 Å². The van der Waals surface area contributed by atoms with Crippen LogP contribution in [0.1, 0.15) is 24.3 Å². The summed E-state index contributed by atoms with van der Waals surface area (Å²) in [4.78, 5) is 47.1. The fraction of sp³-hybridized carbons (Fsp3) is 0.500. The molecule has 1 amide bonds. The zero-order chi connectivity index (χ0) is 20.7. The third-order valence-corrected chi connectivity index (χ3v) is 4.60. The maximum atomic E-state index is 12.5. The van der Waals surface area contributed by atoms with Crippen LogP contribution in [-0.2, 0) is 28.6 Å². The Morgan fingerprint density at radius 3 is 2.43 bits per heavy atom. The second-order valence-corrected chi connectivity index (χ2v) is 6.31. The molecule has 152 valence electrons. The second-order valence-electron chi connectivity index (χ2n) is 6.31. The summed E-state index contributed by atoms with van der Waals surface area (Å²) < 4.78 is 14.7. The molecular weight excluding hydrogens is 372 g/mol. The van der Waals surface area contributed by atoms with Crippen molar-refractivity contribution < 1.29 is 33.5 Å². The van der Waals surface area contributed by atoms with Crippen molar-refractivity contribution in [2.24, 2.45) is 5.92 Å². The molecule has 0 radical (unpaired) electrons. The smallest absolute Gasteiger partial charge is 0.329 e. The third kappa shape index (κ3) is 5.26. The molecule has 0 saturated carbocycles. The van der Waals surface area contributed by atoms with Crippen molar-refractivity contribution in [1.29, 1.82) is 0 Å². The molecule has 0 bridgehead atoms. The van der Waals surface area contributed by atoms with Crippen molar-refractivity contribution in [3.8, 4) is 0 Å². The first kappa shape index (κ1) is 21.3. The summed E-state index contributed by atoms with van der Waals surface area (Å²) in [6.07, 6.45) is 0.300. The molecular formula is C18H22N2O8. The van der Waals surface area contributed by atoms with E-state index in [1.807, 2.05) is 0 Å². The molecule has 1 fully saturated rings. The first-order chi connectivity index (χ1) is 13.4. The molecule has 10 heteroatoms. The van der Waals surface area contributed by atoms with E-state index in [4.69, 9.17) is 14.2 Å². The molecule has 1 aromatic rings. The number of methoxy groups -OCH3 is 2. The summed E-state index contributed by atoms with van der Waals surface area (Å²) in [5.41, 5.74) is 0.316. The van der Waals surface area contributed by atoms with Crippen molar-refractivity contribution in [3.05, 3.63) is 39.9 Å². The Hall–Kier alpha value is -3.01. The summed E-state index contributed by atoms with van der Waals surface area (Å²) in [6, 6.07) is 4.24. The van der Waals surface area contributed by atoms with Crippen molar-refractivity contribution >= 4 is 23.5 Å². The maximum Gasteiger partial charge on any atom is 0.329 e. The molecule has 3 atom stereocenters. The number of amides is 1. The molecule has 0 aromatic heterocycles. The lowest BCUT2D eigenvalue weighted by molar-refractivity contribution is -0.384. The van der Waals surface area contributed by atoms with E-state index in [9.17, 15) is 24.5 Å². The highest BCUT2D eigenvalue weighted by atomic mass is 16.6. The van der Waals surface area contributed by atoms with Gasteiger partial charge in [0.25, 0.3) is 5.69 Å². The van der Waals surface area contributed by atoms with E-state index in [2.05, 4.69) is 5.32 Å². The number of esters is 2. The van der Waals surface area contributed by atoms with Crippen molar-refractivity contribution in [2.75, 3.05) is 27.4 Å². The van der Waals surface area contributed by atoms with Crippen LogP contribution in [0.25, 0.3) is 0 Å². The van der Waals surface area contributed by atoms with E-state index in [1.165, 1.54) is 38.5 Å². The summed E-state index contributed by atoms with van der Waals surface area (Å²) in [5, 5.41) is 13.5. The number of ether oxygens (including phenoxy) is 3. The molecule has 0 aliphatic carbocycles. The first-order valence-electron chi connectivity index (χ1n) is 8.64. The van der Waals surface area contributed by atoms with Gasteiger partial charge in [0.15, 0.2) is 0 Å². The standard InChI is InChI=1S/C18H22N2O8/c1-26-15(21)9-14(11-3-5-13(6-4-11)20(24)25)16(18(23)27-2)19-17(22)12-7-8-28-10-12/h3-6,12,14,16H,7-10H2,1-2H3,(H,19,22)/t12-,14+,16+/m0/s1. The Balaban J connectivity index is 2.33. The van der Waals surface area contributed by atoms with Crippen LogP contribution in [0, 0.1) is 16.0 Å². The van der Waals surface area contributed by atoms with E-state index in [0.717, 1.165) is 0 Å². The van der Waals surface area contributed by atoms with Gasteiger partial charge in [-0.15, -0.1) is 0 Å². The van der Waals surface area contributed by atoms with Crippen LogP contribution >= 0.6 is 0 Å². The highest BCUT2D eigenvalue weighted by Gasteiger charge is 2.36. The predicted octanol–water partition coefficient (Wildman–Crippen LogP) is 0.936. The van der Waals surface area contributed by atoms with E-state index in [-0.39, 0.29) is 24.6 Å². The lowest BCUT2D eigenvalue weighted by Gasteiger charge is -2.26. The molecule has 1 N–H and O–H groups in total. The number of carbonyl (C=O) groups excluding carboxylic acids is 3. The quantitative estimate of drug-likeness (QED) is 0.391. The van der Waals surface area contributed by atoms with Gasteiger partial charge < -0.3 is 19.5 Å². The fourth-order valence-corrected chi connectivity index (χ4v) is 3.00. The van der Waals surface area contributed by atoms with Gasteiger partial charge in [0.05, 0.1) is 38.1 Å². The van der Waals surface area contributed by atoms with Crippen LogP contribution in [0.2, 0.25) is 0 Å². The molecule has 1 heterocycles. The molecule has 0 unspecified atom stereocenters. The van der Waals surface area contributed by atoms with Gasteiger partial charge in [0.2, 0.25) is 5.91 Å². The summed E-state index contributed by atoms with van der Waals surface area (Å²) in [6.45, 7) is 0.702. The van der Waals surface area contributed by atoms with Crippen LogP contribution in [-0.4, -0.2) is 56.2 Å². The molecule has 28 heavy (non-hydrogen) atoms. The van der Waals surface area contributed by atoms with Gasteiger partial charge in [-0.05, 0) is 12.0 Å². The minimum Gasteiger partial charge on any atom is -0.469 e. The monoisotopic (exact) mass is 394 g/mol. The normalized spacial score (nSPS) is 18.0. The number of nitrogens with zero attached hydrogens (tertiary/aromatic N) is 1. The zero-order valence-electron chi connectivity index (χ0n) is 15.6. The lowest BCUT2D eigenvalue weighted by atomic mass is 9.87. The number of hydrogen-bond acceptors (Lipinski definition) is 8. The van der Waals surface area contributed by atoms with Crippen LogP contribution in [0.15, 0.2) is 24.3 Å². The largest absolute Gasteiger partial charge is 0.469 e. The lowest BCUT2D eigenvalue weighted by Crippen LogP contribution is -2.48. The van der Waals surface area contributed by atoms with E-state index >= 15 is 0 Å². The van der Waals surface area contributed by atoms with Crippen molar-refractivity contribution in [2.45, 2.75) is 24.8 Å². The fourth-order valence-electron chi connectivity index (χ4n) is 3.00. The third-order valence-electron chi connectivity index (χ3n) is 4.60. The van der Waals surface area contributed by atoms with Crippen LogP contribution in [0.5, 0.6) is 0 Å². The number of nitrogens with one attached hydrogen (secondary N) is 1. The average molecular weight is 394 g/mol. The number of hydrogen-bond donors (Lipinski definition) is 1. The van der Waals surface area contributed by atoms with Gasteiger partial charge in [-0.1, -0.05) is 12.1 Å². The Kier molecular flexibility index (Phi) is 7.44. The SMILES string of the molecule is COC(=O)C[C@H](c1ccc([N+](=O)[O-])cc1)[C@@H](NC(=O)[C@H]1CCOC1)C(=O)OC. The molecule has 10 nitrogen and oxygen atoms in total. The highest BCUT2D eigenvalue weighted by molar-refractivity contribution is 5.87. The van der Waals surface area contributed by atoms with Crippen molar-refractivity contribution in [1.82, 2.24) is 5.32 Å². The van der Waals surface area contributed by atoms with E-state index < -0.39 is 34.7 Å². The molecule has 0 spiro atoms. The van der Waals surface area contributed by atoms with E-state index in [0.29, 0.717) is 18.6 Å². The predicted molar refractivity (Wildman–Crippen MR) is 95.3 cm³/mol. The van der Waals surface area contributed by atoms with Crippen LogP contribution < -0.4 is 5.32 Å². The van der Waals surface area contributed by atoms with Gasteiger partial charge in [-0.2, -0.15) is 0 Å². The number of nitro benzene ring substituents is 1. The minimum absolute atomic E-state index is 0.137. The van der Waals surface area contributed by atoms with Gasteiger partial charge in [-0.3, -0.25) is 19.7 Å². The van der Waals surface area contributed by atoms with E-state index in [1.54, 1.807) is 0 Å². The topological polar surface area (TPSA) is 134 Å². The number of benzene rings is 1. The Morgan fingerprint density at radius 2 is 1.93 bits per heavy atom. The number of nitro groups is 1. The zero-order valence-corrected chi connectivity index (χ0v) is 15.6. The minimum atomic E-state index is -1.17. The molecule has 1 saturated heterocycles. The Morgan fingerprint density at radius 1 is 1.25 bits per heavy atom. The van der Waals surface area contributed by atoms with Gasteiger partial charge in [-0.25, -0.2) is 4.79 Å². The average Bonchev–Trinajstić information content (AvgIpc) is 3.24. The Labute approximate surface area is 161 Å². The first-order valence-corrected chi connectivity index (χ1v) is 8.64.